The Bertz CT molecular complexity index is 1470. The third-order valence-corrected chi connectivity index (χ3v) is 8.91. The first-order chi connectivity index (χ1) is 17.9. The highest BCUT2D eigenvalue weighted by molar-refractivity contribution is 7.89. The minimum absolute atomic E-state index is 0.206. The molecule has 1 fully saturated rings. The summed E-state index contributed by atoms with van der Waals surface area (Å²) in [6.07, 6.45) is 4.58. The molecule has 5 rings (SSSR count). The molecule has 0 radical (unpaired) electrons. The van der Waals surface area contributed by atoms with Gasteiger partial charge < -0.3 is 4.90 Å². The van der Waals surface area contributed by atoms with Crippen molar-refractivity contribution in [3.8, 4) is 5.69 Å². The molecule has 0 unspecified atom stereocenters. The Morgan fingerprint density at radius 3 is 2.43 bits per heavy atom. The molecule has 0 bridgehead atoms. The van der Waals surface area contributed by atoms with Gasteiger partial charge >= 0.3 is 0 Å². The standard InChI is InChI=1S/C28H34N6O2S/c1-4-9-22(3)26-30-27(25-20-29-34(28(25)31-26)23-10-6-5-7-11-23)32-16-8-17-33(19-18-32)37(35,36)24-14-12-21(2)13-15-24/h5-7,10-15,20,22H,4,8-9,16-19H2,1-3H3/t22-/m1/s1. The van der Waals surface area contributed by atoms with Crippen LogP contribution in [-0.4, -0.2) is 58.7 Å². The molecule has 0 spiro atoms. The summed E-state index contributed by atoms with van der Waals surface area (Å²) in [5, 5.41) is 5.55. The molecule has 4 aromatic rings. The lowest BCUT2D eigenvalue weighted by Crippen LogP contribution is -2.35. The molecule has 194 valence electrons. The van der Waals surface area contributed by atoms with E-state index in [2.05, 4.69) is 23.8 Å². The predicted molar refractivity (Wildman–Crippen MR) is 147 cm³/mol. The Kier molecular flexibility index (Phi) is 7.26. The van der Waals surface area contributed by atoms with E-state index in [0.29, 0.717) is 37.5 Å². The summed E-state index contributed by atoms with van der Waals surface area (Å²) < 4.78 is 30.2. The van der Waals surface area contributed by atoms with Gasteiger partial charge in [0.2, 0.25) is 10.0 Å². The van der Waals surface area contributed by atoms with Gasteiger partial charge in [-0.15, -0.1) is 0 Å². The Balaban J connectivity index is 1.50. The summed E-state index contributed by atoms with van der Waals surface area (Å²) in [5.74, 6) is 1.84. The van der Waals surface area contributed by atoms with E-state index in [4.69, 9.17) is 9.97 Å². The molecule has 9 heteroatoms. The third kappa shape index (κ3) is 5.10. The first-order valence-electron chi connectivity index (χ1n) is 13.0. The van der Waals surface area contributed by atoms with Gasteiger partial charge in [-0.1, -0.05) is 56.2 Å². The highest BCUT2D eigenvalue weighted by Crippen LogP contribution is 2.30. The number of fused-ring (bicyclic) bond motifs is 1. The molecular formula is C28H34N6O2S. The molecule has 0 N–H and O–H groups in total. The lowest BCUT2D eigenvalue weighted by Gasteiger charge is -2.24. The molecule has 3 heterocycles. The second-order valence-electron chi connectivity index (χ2n) is 9.78. The average molecular weight is 519 g/mol. The normalized spacial score (nSPS) is 16.1. The summed E-state index contributed by atoms with van der Waals surface area (Å²) in [6, 6.07) is 17.1. The van der Waals surface area contributed by atoms with Gasteiger partial charge in [-0.2, -0.15) is 9.40 Å². The van der Waals surface area contributed by atoms with Gasteiger partial charge in [0.25, 0.3) is 0 Å². The molecule has 1 atom stereocenters. The van der Waals surface area contributed by atoms with Crippen LogP contribution in [-0.2, 0) is 10.0 Å². The van der Waals surface area contributed by atoms with Crippen LogP contribution >= 0.6 is 0 Å². The summed E-state index contributed by atoms with van der Waals surface area (Å²) in [7, 11) is -3.55. The van der Waals surface area contributed by atoms with E-state index >= 15 is 0 Å². The summed E-state index contributed by atoms with van der Waals surface area (Å²) in [6.45, 7) is 8.42. The van der Waals surface area contributed by atoms with Crippen molar-refractivity contribution in [2.45, 2.75) is 50.8 Å². The van der Waals surface area contributed by atoms with Crippen molar-refractivity contribution in [2.24, 2.45) is 0 Å². The van der Waals surface area contributed by atoms with Crippen LogP contribution in [0.5, 0.6) is 0 Å². The lowest BCUT2D eigenvalue weighted by atomic mass is 10.1. The summed E-state index contributed by atoms with van der Waals surface area (Å²) >= 11 is 0. The maximum absolute atomic E-state index is 13.4. The van der Waals surface area contributed by atoms with E-state index in [1.807, 2.05) is 60.3 Å². The third-order valence-electron chi connectivity index (χ3n) is 7.00. The fourth-order valence-electron chi connectivity index (χ4n) is 4.90. The van der Waals surface area contributed by atoms with E-state index in [0.717, 1.165) is 46.8 Å². The molecule has 2 aromatic heterocycles. The zero-order valence-corrected chi connectivity index (χ0v) is 22.5. The second-order valence-corrected chi connectivity index (χ2v) is 11.7. The lowest BCUT2D eigenvalue weighted by molar-refractivity contribution is 0.433. The molecule has 8 nitrogen and oxygen atoms in total. The highest BCUT2D eigenvalue weighted by Gasteiger charge is 2.29. The fourth-order valence-corrected chi connectivity index (χ4v) is 6.37. The van der Waals surface area contributed by atoms with Crippen molar-refractivity contribution in [2.75, 3.05) is 31.1 Å². The van der Waals surface area contributed by atoms with Crippen LogP contribution in [0, 0.1) is 6.92 Å². The van der Waals surface area contributed by atoms with Crippen LogP contribution in [0.15, 0.2) is 65.7 Å². The number of sulfonamides is 1. The Morgan fingerprint density at radius 2 is 1.70 bits per heavy atom. The van der Waals surface area contributed by atoms with E-state index in [-0.39, 0.29) is 5.92 Å². The van der Waals surface area contributed by atoms with Crippen LogP contribution in [0.4, 0.5) is 5.82 Å². The summed E-state index contributed by atoms with van der Waals surface area (Å²) in [4.78, 5) is 12.6. The van der Waals surface area contributed by atoms with Crippen LogP contribution in [0.2, 0.25) is 0 Å². The van der Waals surface area contributed by atoms with E-state index < -0.39 is 10.0 Å². The summed E-state index contributed by atoms with van der Waals surface area (Å²) in [5.41, 5.74) is 2.77. The number of nitrogens with zero attached hydrogens (tertiary/aromatic N) is 6. The Hall–Kier alpha value is -3.30. The first-order valence-corrected chi connectivity index (χ1v) is 14.5. The van der Waals surface area contributed by atoms with Crippen LogP contribution in [0.3, 0.4) is 0 Å². The molecule has 0 amide bonds. The van der Waals surface area contributed by atoms with Crippen LogP contribution < -0.4 is 4.90 Å². The van der Waals surface area contributed by atoms with Crippen molar-refractivity contribution in [1.82, 2.24) is 24.1 Å². The Labute approximate surface area is 219 Å². The minimum Gasteiger partial charge on any atom is -0.355 e. The van der Waals surface area contributed by atoms with Crippen LogP contribution in [0.25, 0.3) is 16.7 Å². The van der Waals surface area contributed by atoms with Crippen molar-refractivity contribution in [3.63, 3.8) is 0 Å². The fraction of sp³-hybridized carbons (Fsp3) is 0.393. The largest absolute Gasteiger partial charge is 0.355 e. The molecule has 0 saturated carbocycles. The Morgan fingerprint density at radius 1 is 0.946 bits per heavy atom. The zero-order chi connectivity index (χ0) is 26.0. The zero-order valence-electron chi connectivity index (χ0n) is 21.7. The average Bonchev–Trinajstić information content (AvgIpc) is 3.17. The number of aryl methyl sites for hydroxylation is 1. The van der Waals surface area contributed by atoms with Crippen molar-refractivity contribution in [3.05, 3.63) is 72.2 Å². The number of hydrogen-bond donors (Lipinski definition) is 0. The molecule has 0 aliphatic carbocycles. The quantitative estimate of drug-likeness (QED) is 0.345. The van der Waals surface area contributed by atoms with Gasteiger partial charge in [0, 0.05) is 32.1 Å². The van der Waals surface area contributed by atoms with Gasteiger partial charge in [0.15, 0.2) is 5.65 Å². The molecule has 1 saturated heterocycles. The van der Waals surface area contributed by atoms with E-state index in [9.17, 15) is 8.42 Å². The van der Waals surface area contributed by atoms with Gasteiger partial charge in [-0.05, 0) is 44.0 Å². The minimum atomic E-state index is -3.55. The second kappa shape index (κ2) is 10.6. The maximum atomic E-state index is 13.4. The predicted octanol–water partition coefficient (Wildman–Crippen LogP) is 4.93. The van der Waals surface area contributed by atoms with Crippen molar-refractivity contribution in [1.29, 1.82) is 0 Å². The topological polar surface area (TPSA) is 84.2 Å². The maximum Gasteiger partial charge on any atom is 0.243 e. The number of anilines is 1. The number of rotatable bonds is 7. The highest BCUT2D eigenvalue weighted by atomic mass is 32.2. The molecule has 1 aliphatic heterocycles. The monoisotopic (exact) mass is 518 g/mol. The molecule has 2 aromatic carbocycles. The SMILES string of the molecule is CCC[C@@H](C)c1nc(N2CCCN(S(=O)(=O)c3ccc(C)cc3)CC2)c2cnn(-c3ccccc3)c2n1. The number of hydrogen-bond acceptors (Lipinski definition) is 6. The van der Waals surface area contributed by atoms with Gasteiger partial charge in [0.05, 0.1) is 22.2 Å². The van der Waals surface area contributed by atoms with Crippen molar-refractivity contribution < 1.29 is 8.42 Å². The molecule has 37 heavy (non-hydrogen) atoms. The first kappa shape index (κ1) is 25.4. The van der Waals surface area contributed by atoms with Gasteiger partial charge in [-0.25, -0.2) is 23.1 Å². The molecule has 1 aliphatic rings. The number of benzene rings is 2. The molecular weight excluding hydrogens is 484 g/mol. The number of para-hydroxylation sites is 1. The van der Waals surface area contributed by atoms with Crippen LogP contribution in [0.1, 0.15) is 50.4 Å². The van der Waals surface area contributed by atoms with E-state index in [1.165, 1.54) is 0 Å². The van der Waals surface area contributed by atoms with Gasteiger partial charge in [0.1, 0.15) is 11.6 Å². The van der Waals surface area contributed by atoms with Gasteiger partial charge in [-0.3, -0.25) is 0 Å². The van der Waals surface area contributed by atoms with E-state index in [1.54, 1.807) is 16.4 Å². The van der Waals surface area contributed by atoms with Crippen molar-refractivity contribution >= 4 is 26.9 Å². The smallest absolute Gasteiger partial charge is 0.243 e. The number of aromatic nitrogens is 4.